The summed E-state index contributed by atoms with van der Waals surface area (Å²) in [5, 5.41) is 36.8. The van der Waals surface area contributed by atoms with Gasteiger partial charge in [-0.05, 0) is 70.0 Å². The molecule has 0 saturated carbocycles. The van der Waals surface area contributed by atoms with Gasteiger partial charge in [-0.2, -0.15) is 0 Å². The first-order valence-electron chi connectivity index (χ1n) is 21.4. The third-order valence-electron chi connectivity index (χ3n) is 10.2. The number of ether oxygens (including phenoxy) is 2. The molecule has 8 aromatic rings. The van der Waals surface area contributed by atoms with E-state index in [4.69, 9.17) is 40.2 Å². The molecule has 0 aliphatic carbocycles. The summed E-state index contributed by atoms with van der Waals surface area (Å²) in [7, 11) is 0. The molecule has 0 fully saturated rings. The van der Waals surface area contributed by atoms with Crippen molar-refractivity contribution in [3.63, 3.8) is 0 Å². The second-order valence-corrected chi connectivity index (χ2v) is 17.6. The van der Waals surface area contributed by atoms with E-state index in [2.05, 4.69) is 87.5 Å². The molecule has 0 aliphatic rings. The fourth-order valence-corrected chi connectivity index (χ4v) is 8.81. The van der Waals surface area contributed by atoms with Crippen molar-refractivity contribution >= 4 is 52.7 Å². The molecule has 0 bridgehead atoms. The predicted molar refractivity (Wildman–Crippen MR) is 261 cm³/mol. The van der Waals surface area contributed by atoms with Crippen molar-refractivity contribution in [3.05, 3.63) is 177 Å². The van der Waals surface area contributed by atoms with Crippen LogP contribution in [0.4, 0.5) is 0 Å². The van der Waals surface area contributed by atoms with E-state index in [0.717, 1.165) is 47.8 Å². The summed E-state index contributed by atoms with van der Waals surface area (Å²) in [4.78, 5) is 45.6. The van der Waals surface area contributed by atoms with Crippen LogP contribution in [0, 0.1) is 27.7 Å². The number of aromatic hydroxyl groups is 1. The number of nitrogens with zero attached hydrogens (tertiary/aromatic N) is 4. The molecule has 0 spiro atoms. The Bertz CT molecular complexity index is 2800. The fraction of sp³-hybridized carbons (Fsp3) is 0.235. The van der Waals surface area contributed by atoms with Gasteiger partial charge >= 0.3 is 150 Å². The summed E-state index contributed by atoms with van der Waals surface area (Å²) in [5.41, 5.74) is 9.76. The van der Waals surface area contributed by atoms with Crippen molar-refractivity contribution < 1.29 is 192 Å². The number of hydrogen-bond acceptors (Lipinski definition) is 16. The molecule has 4 aromatic carbocycles. The average molecular weight is 1260 g/mol. The zero-order valence-corrected chi connectivity index (χ0v) is 55.3. The third-order valence-corrected chi connectivity index (χ3v) is 13.0. The Kier molecular flexibility index (Phi) is 28.9. The number of phenols is 1. The zero-order valence-electron chi connectivity index (χ0n) is 41.4. The minimum absolute atomic E-state index is 0. The number of carbonyl (C=O) groups excluding carboxylic acids is 2. The van der Waals surface area contributed by atoms with Crippen molar-refractivity contribution in [3.8, 4) is 32.6 Å². The van der Waals surface area contributed by atoms with Crippen molar-refractivity contribution in [2.24, 2.45) is 0 Å². The molecule has 362 valence electrons. The summed E-state index contributed by atoms with van der Waals surface area (Å²) in [6.07, 6.45) is 3.04. The van der Waals surface area contributed by atoms with Crippen LogP contribution in [0.1, 0.15) is 87.8 Å². The van der Waals surface area contributed by atoms with Crippen molar-refractivity contribution in [1.29, 1.82) is 0 Å². The minimum Gasteiger partial charge on any atom is -1.00 e. The van der Waals surface area contributed by atoms with Gasteiger partial charge in [0.15, 0.2) is 0 Å². The standard InChI is InChI=1S/C24H22N2O4S.C14H15NO4.C12H12ClNS.CH2O3.2Cs.H/c1-15-3-5-18(6-4-15)24-25-16(2)22(31-24)14-29-19-9-7-17(8-10-19)20(13-23(27)28)21-11-12-30-26-21;1-2-18-14(17)9-12(13-7-8-19-15-13)10-3-5-11(16)6-4-10;1-8-3-5-10(6-4-8)12-14-9(2)11(7-13)15-12;2-1-4-3;;;/h3-12,20H,13-14H2,1-2H3,(H,27,28);3-8,12,16H,2,9H2,1H3;3-6H,7H2,1-2H3;1,3H;;;/q;;;;2*+1;-1/p-1/t20-;12-;;;;;/m11...../s1. The quantitative estimate of drug-likeness (QED) is 0.0437. The average Bonchev–Trinajstić information content (AvgIpc) is 4.21. The number of aromatic nitrogens is 4. The number of carboxylic acids is 1. The number of thiazole rings is 2. The van der Waals surface area contributed by atoms with Crippen molar-refractivity contribution in [2.45, 2.75) is 71.8 Å². The molecule has 0 amide bonds. The number of carbonyl (C=O) groups is 3. The van der Waals surface area contributed by atoms with Crippen LogP contribution in [-0.4, -0.2) is 55.5 Å². The Morgan fingerprint density at radius 2 is 1.17 bits per heavy atom. The number of hydrogen-bond donors (Lipinski definition) is 2. The number of aliphatic carboxylic acids is 1. The van der Waals surface area contributed by atoms with Gasteiger partial charge in [0.2, 0.25) is 0 Å². The van der Waals surface area contributed by atoms with E-state index in [1.807, 2.05) is 38.1 Å². The molecule has 2 N–H and O–H groups in total. The predicted octanol–water partition coefficient (Wildman–Crippen LogP) is 4.79. The molecular weight excluding hydrogens is 1210 g/mol. The van der Waals surface area contributed by atoms with E-state index < -0.39 is 5.97 Å². The smallest absolute Gasteiger partial charge is 1.00 e. The van der Waals surface area contributed by atoms with E-state index in [-0.39, 0.29) is 182 Å². The number of carboxylic acid groups (broad SMARTS) is 1. The first-order valence-corrected chi connectivity index (χ1v) is 23.5. The van der Waals surface area contributed by atoms with E-state index >= 15 is 0 Å². The number of rotatable bonds is 16. The first kappa shape index (κ1) is 62.2. The number of alkyl halides is 1. The molecule has 0 aliphatic heterocycles. The maximum absolute atomic E-state index is 11.7. The van der Waals surface area contributed by atoms with E-state index in [1.165, 1.54) is 29.2 Å². The molecule has 4 heterocycles. The molecule has 4 aromatic heterocycles. The van der Waals surface area contributed by atoms with Gasteiger partial charge in [-0.15, -0.1) is 34.3 Å². The SMILES string of the molecule is CCOC(=O)C[C@H](c1ccc(O)cc1)c1ccon1.Cc1ccc(-c2nc(C)c(CCl)s2)cc1.Cc1ccc(-c2nc(C)c(COc3ccc([C@@H](CC(=O)O)c4ccon4)cc3)s2)cc1.O=CO[O-].[Cs+].[Cs+].[H-]. The van der Waals surface area contributed by atoms with Crippen LogP contribution in [0.25, 0.3) is 21.1 Å². The van der Waals surface area contributed by atoms with Crippen LogP contribution in [0.2, 0.25) is 0 Å². The van der Waals surface area contributed by atoms with Gasteiger partial charge in [-0.25, -0.2) is 9.97 Å². The van der Waals surface area contributed by atoms with Crippen LogP contribution < -0.4 is 148 Å². The van der Waals surface area contributed by atoms with Gasteiger partial charge in [0.25, 0.3) is 6.47 Å². The Hall–Kier alpha value is -3.08. The Morgan fingerprint density at radius 1 is 0.718 bits per heavy atom. The molecule has 0 saturated heterocycles. The molecule has 71 heavy (non-hydrogen) atoms. The van der Waals surface area contributed by atoms with Gasteiger partial charge in [-0.1, -0.05) is 94.2 Å². The second-order valence-electron chi connectivity index (χ2n) is 15.1. The molecule has 2 atom stereocenters. The first-order chi connectivity index (χ1) is 33.3. The van der Waals surface area contributed by atoms with Gasteiger partial charge in [0.05, 0.1) is 53.0 Å². The van der Waals surface area contributed by atoms with E-state index in [9.17, 15) is 19.8 Å². The van der Waals surface area contributed by atoms with Crippen LogP contribution >= 0.6 is 34.3 Å². The molecule has 20 heteroatoms. The number of halogens is 1. The molecule has 8 rings (SSSR count). The van der Waals surface area contributed by atoms with Crippen LogP contribution in [-0.2, 0) is 36.5 Å². The zero-order chi connectivity index (χ0) is 49.7. The third kappa shape index (κ3) is 20.3. The number of esters is 1. The maximum Gasteiger partial charge on any atom is 1.00 e. The minimum atomic E-state index is -0.890. The van der Waals surface area contributed by atoms with Gasteiger partial charge in [0, 0.05) is 40.0 Å². The largest absolute Gasteiger partial charge is 1.00 e. The maximum atomic E-state index is 11.7. The second kappa shape index (κ2) is 33.0. The summed E-state index contributed by atoms with van der Waals surface area (Å²) in [5.74, 6) is -0.344. The van der Waals surface area contributed by atoms with Crippen molar-refractivity contribution in [2.75, 3.05) is 6.61 Å². The summed E-state index contributed by atoms with van der Waals surface area (Å²) in [6.45, 7) is 10.5. The monoisotopic (exact) mass is 1260 g/mol. The topological polar surface area (TPSA) is 220 Å². The molecule has 15 nitrogen and oxygen atoms in total. The molecular formula is C51H51ClCs2N4O11S2. The van der Waals surface area contributed by atoms with Gasteiger partial charge in [0.1, 0.15) is 40.6 Å². The van der Waals surface area contributed by atoms with E-state index in [0.29, 0.717) is 36.2 Å². The Morgan fingerprint density at radius 3 is 1.58 bits per heavy atom. The molecule has 0 unspecified atom stereocenters. The Labute approximate surface area is 544 Å². The summed E-state index contributed by atoms with van der Waals surface area (Å²) < 4.78 is 20.7. The van der Waals surface area contributed by atoms with Crippen LogP contribution in [0.15, 0.2) is 131 Å². The Balaban J connectivity index is 0.000000373. The number of benzene rings is 4. The van der Waals surface area contributed by atoms with E-state index in [1.54, 1.807) is 66.0 Å². The van der Waals surface area contributed by atoms with Crippen molar-refractivity contribution in [1.82, 2.24) is 20.3 Å². The summed E-state index contributed by atoms with van der Waals surface area (Å²) in [6, 6.07) is 34.3. The molecule has 0 radical (unpaired) electrons. The van der Waals surface area contributed by atoms with Crippen LogP contribution in [0.3, 0.4) is 0 Å². The van der Waals surface area contributed by atoms with Gasteiger partial charge < -0.3 is 40.3 Å². The fourth-order valence-electron chi connectivity index (χ4n) is 6.56. The normalized spacial score (nSPS) is 11.0. The van der Waals surface area contributed by atoms with Gasteiger partial charge in [-0.3, -0.25) is 14.4 Å². The van der Waals surface area contributed by atoms with Crippen LogP contribution in [0.5, 0.6) is 11.5 Å². The summed E-state index contributed by atoms with van der Waals surface area (Å²) >= 11 is 9.13. The number of phenolic OH excluding ortho intramolecular Hbond substituents is 1. The number of aryl methyl sites for hydroxylation is 4.